The summed E-state index contributed by atoms with van der Waals surface area (Å²) in [5.74, 6) is 0.0242. The topological polar surface area (TPSA) is 106 Å². The van der Waals surface area contributed by atoms with Crippen molar-refractivity contribution in [3.63, 3.8) is 0 Å². The molecule has 0 saturated carbocycles. The van der Waals surface area contributed by atoms with Crippen molar-refractivity contribution in [1.29, 1.82) is 0 Å². The lowest BCUT2D eigenvalue weighted by Crippen LogP contribution is -2.48. The summed E-state index contributed by atoms with van der Waals surface area (Å²) in [6.07, 6.45) is 0. The molecule has 1 atom stereocenters. The number of aromatic nitrogens is 2. The van der Waals surface area contributed by atoms with Gasteiger partial charge in [0.1, 0.15) is 11.9 Å². The number of morpholine rings is 1. The second-order valence-electron chi connectivity index (χ2n) is 6.17. The highest BCUT2D eigenvalue weighted by molar-refractivity contribution is 7.89. The normalized spacial score (nSPS) is 20.5. The first-order valence-electron chi connectivity index (χ1n) is 7.73. The van der Waals surface area contributed by atoms with Crippen LogP contribution in [-0.2, 0) is 21.3 Å². The molecule has 1 fully saturated rings. The van der Waals surface area contributed by atoms with Gasteiger partial charge >= 0.3 is 0 Å². The van der Waals surface area contributed by atoms with E-state index in [0.717, 1.165) is 12.1 Å². The standard InChI is InChI=1S/C15H19FN4O4S/c1-15(2)13(17-7-8-23-15)14-19-12(20-24-14)9-18-25(21,22)11-5-3-10(16)4-6-11/h3-6,13,17-18H,7-9H2,1-2H3. The van der Waals surface area contributed by atoms with Crippen LogP contribution in [0.2, 0.25) is 0 Å². The minimum absolute atomic E-state index is 0.0406. The Labute approximate surface area is 144 Å². The fourth-order valence-corrected chi connectivity index (χ4v) is 3.52. The molecule has 0 bridgehead atoms. The second-order valence-corrected chi connectivity index (χ2v) is 7.93. The molecule has 25 heavy (non-hydrogen) atoms. The summed E-state index contributed by atoms with van der Waals surface area (Å²) in [4.78, 5) is 4.19. The molecular formula is C15H19FN4O4S. The average molecular weight is 370 g/mol. The lowest BCUT2D eigenvalue weighted by atomic mass is 9.97. The van der Waals surface area contributed by atoms with Gasteiger partial charge in [-0.2, -0.15) is 4.98 Å². The molecule has 1 unspecified atom stereocenters. The molecule has 136 valence electrons. The first kappa shape index (κ1) is 17.9. The van der Waals surface area contributed by atoms with Crippen molar-refractivity contribution in [2.45, 2.75) is 36.9 Å². The Morgan fingerprint density at radius 1 is 1.36 bits per heavy atom. The van der Waals surface area contributed by atoms with Crippen LogP contribution < -0.4 is 10.0 Å². The minimum Gasteiger partial charge on any atom is -0.372 e. The molecule has 2 N–H and O–H groups in total. The molecule has 8 nitrogen and oxygen atoms in total. The van der Waals surface area contributed by atoms with Crippen LogP contribution in [0, 0.1) is 5.82 Å². The smallest absolute Gasteiger partial charge is 0.246 e. The van der Waals surface area contributed by atoms with Crippen molar-refractivity contribution in [3.8, 4) is 0 Å². The van der Waals surface area contributed by atoms with Crippen LogP contribution in [0.4, 0.5) is 4.39 Å². The van der Waals surface area contributed by atoms with E-state index in [-0.39, 0.29) is 23.3 Å². The first-order chi connectivity index (χ1) is 11.8. The molecule has 0 aliphatic carbocycles. The van der Waals surface area contributed by atoms with Gasteiger partial charge in [0, 0.05) is 6.54 Å². The number of hydrogen-bond donors (Lipinski definition) is 2. The maximum absolute atomic E-state index is 12.9. The third kappa shape index (κ3) is 4.03. The lowest BCUT2D eigenvalue weighted by molar-refractivity contribution is -0.0793. The van der Waals surface area contributed by atoms with Crippen LogP contribution >= 0.6 is 0 Å². The van der Waals surface area contributed by atoms with E-state index in [0.29, 0.717) is 19.0 Å². The van der Waals surface area contributed by atoms with E-state index in [2.05, 4.69) is 20.2 Å². The Morgan fingerprint density at radius 3 is 2.76 bits per heavy atom. The minimum atomic E-state index is -3.79. The first-order valence-corrected chi connectivity index (χ1v) is 9.21. The van der Waals surface area contributed by atoms with Crippen molar-refractivity contribution in [1.82, 2.24) is 20.2 Å². The maximum atomic E-state index is 12.9. The Balaban J connectivity index is 1.68. The van der Waals surface area contributed by atoms with E-state index in [1.807, 2.05) is 13.8 Å². The fourth-order valence-electron chi connectivity index (χ4n) is 2.54. The van der Waals surface area contributed by atoms with E-state index < -0.39 is 21.4 Å². The van der Waals surface area contributed by atoms with Gasteiger partial charge < -0.3 is 14.6 Å². The van der Waals surface area contributed by atoms with Crippen LogP contribution in [0.1, 0.15) is 31.6 Å². The molecule has 2 heterocycles. The van der Waals surface area contributed by atoms with E-state index in [4.69, 9.17) is 9.26 Å². The summed E-state index contributed by atoms with van der Waals surface area (Å²) in [5, 5.41) is 7.05. The molecule has 1 saturated heterocycles. The highest BCUT2D eigenvalue weighted by Crippen LogP contribution is 2.30. The molecule has 1 aromatic heterocycles. The molecule has 0 amide bonds. The third-order valence-corrected chi connectivity index (χ3v) is 5.31. The zero-order valence-corrected chi connectivity index (χ0v) is 14.6. The van der Waals surface area contributed by atoms with Gasteiger partial charge in [-0.1, -0.05) is 5.16 Å². The third-order valence-electron chi connectivity index (χ3n) is 3.89. The van der Waals surface area contributed by atoms with Crippen molar-refractivity contribution < 1.29 is 22.1 Å². The van der Waals surface area contributed by atoms with Crippen LogP contribution in [0.3, 0.4) is 0 Å². The predicted molar refractivity (Wildman–Crippen MR) is 85.5 cm³/mol. The molecule has 1 aliphatic rings. The number of sulfonamides is 1. The molecule has 1 aliphatic heterocycles. The molecular weight excluding hydrogens is 351 g/mol. The SMILES string of the molecule is CC1(C)OCCNC1c1nc(CNS(=O)(=O)c2ccc(F)cc2)no1. The molecule has 3 rings (SSSR count). The van der Waals surface area contributed by atoms with E-state index in [1.54, 1.807) is 0 Å². The monoisotopic (exact) mass is 370 g/mol. The largest absolute Gasteiger partial charge is 0.372 e. The number of nitrogens with one attached hydrogen (secondary N) is 2. The summed E-state index contributed by atoms with van der Waals surface area (Å²) in [7, 11) is -3.79. The molecule has 0 spiro atoms. The van der Waals surface area contributed by atoms with Gasteiger partial charge in [-0.05, 0) is 38.1 Å². The number of ether oxygens (including phenoxy) is 1. The van der Waals surface area contributed by atoms with Gasteiger partial charge in [-0.3, -0.25) is 0 Å². The van der Waals surface area contributed by atoms with Gasteiger partial charge in [-0.25, -0.2) is 17.5 Å². The lowest BCUT2D eigenvalue weighted by Gasteiger charge is -2.36. The van der Waals surface area contributed by atoms with Gasteiger partial charge in [0.2, 0.25) is 15.9 Å². The molecule has 1 aromatic carbocycles. The molecule has 0 radical (unpaired) electrons. The number of benzene rings is 1. The fraction of sp³-hybridized carbons (Fsp3) is 0.467. The number of hydrogen-bond acceptors (Lipinski definition) is 7. The predicted octanol–water partition coefficient (Wildman–Crippen LogP) is 1.13. The molecule has 10 heteroatoms. The quantitative estimate of drug-likeness (QED) is 0.812. The van der Waals surface area contributed by atoms with E-state index in [9.17, 15) is 12.8 Å². The summed E-state index contributed by atoms with van der Waals surface area (Å²) in [6, 6.07) is 4.25. The van der Waals surface area contributed by atoms with Crippen LogP contribution in [0.5, 0.6) is 0 Å². The summed E-state index contributed by atoms with van der Waals surface area (Å²) < 4.78 is 50.5. The number of nitrogens with zero attached hydrogens (tertiary/aromatic N) is 2. The van der Waals surface area contributed by atoms with Crippen molar-refractivity contribution in [3.05, 3.63) is 41.8 Å². The van der Waals surface area contributed by atoms with Gasteiger partial charge in [-0.15, -0.1) is 0 Å². The van der Waals surface area contributed by atoms with Gasteiger partial charge in [0.25, 0.3) is 0 Å². The van der Waals surface area contributed by atoms with Gasteiger partial charge in [0.15, 0.2) is 5.82 Å². The summed E-state index contributed by atoms with van der Waals surface area (Å²) in [5.41, 5.74) is -0.518. The summed E-state index contributed by atoms with van der Waals surface area (Å²) >= 11 is 0. The Hall–Kier alpha value is -1.88. The van der Waals surface area contributed by atoms with Crippen LogP contribution in [-0.4, -0.2) is 37.3 Å². The maximum Gasteiger partial charge on any atom is 0.246 e. The average Bonchev–Trinajstić information content (AvgIpc) is 3.02. The Kier molecular flexibility index (Phi) is 4.87. The van der Waals surface area contributed by atoms with Crippen molar-refractivity contribution in [2.24, 2.45) is 0 Å². The zero-order valence-electron chi connectivity index (χ0n) is 13.8. The highest BCUT2D eigenvalue weighted by Gasteiger charge is 2.38. The number of rotatable bonds is 5. The number of halogens is 1. The second kappa shape index (κ2) is 6.79. The van der Waals surface area contributed by atoms with Crippen LogP contribution in [0.25, 0.3) is 0 Å². The van der Waals surface area contributed by atoms with Crippen molar-refractivity contribution >= 4 is 10.0 Å². The summed E-state index contributed by atoms with van der Waals surface area (Å²) in [6.45, 7) is 4.91. The van der Waals surface area contributed by atoms with Crippen LogP contribution in [0.15, 0.2) is 33.7 Å². The Morgan fingerprint density at radius 2 is 2.08 bits per heavy atom. The zero-order chi connectivity index (χ0) is 18.1. The van der Waals surface area contributed by atoms with Gasteiger partial charge in [0.05, 0.1) is 23.6 Å². The van der Waals surface area contributed by atoms with E-state index >= 15 is 0 Å². The highest BCUT2D eigenvalue weighted by atomic mass is 32.2. The Bertz CT molecular complexity index is 835. The molecule has 2 aromatic rings. The van der Waals surface area contributed by atoms with Crippen molar-refractivity contribution in [2.75, 3.05) is 13.2 Å². The van der Waals surface area contributed by atoms with E-state index in [1.165, 1.54) is 12.1 Å².